The van der Waals surface area contributed by atoms with Gasteiger partial charge in [-0.3, -0.25) is 0 Å². The lowest BCUT2D eigenvalue weighted by Gasteiger charge is -2.09. The van der Waals surface area contributed by atoms with Gasteiger partial charge in [-0.2, -0.15) is 9.98 Å². The lowest BCUT2D eigenvalue weighted by Crippen LogP contribution is -2.08. The molecule has 0 aromatic rings. The highest BCUT2D eigenvalue weighted by atomic mass is 32.2. The van der Waals surface area contributed by atoms with Gasteiger partial charge in [0.2, 0.25) is 12.2 Å². The summed E-state index contributed by atoms with van der Waals surface area (Å²) in [6.45, 7) is 0. The smallest absolute Gasteiger partial charge is 0.211 e. The average Bonchev–Trinajstić information content (AvgIpc) is 2.39. The van der Waals surface area contributed by atoms with Crippen molar-refractivity contribution < 1.29 is 9.59 Å². The average molecular weight is 186 g/mol. The molecule has 0 radical (unpaired) electrons. The fourth-order valence-corrected chi connectivity index (χ4v) is 2.22. The van der Waals surface area contributed by atoms with E-state index in [0.717, 1.165) is 23.5 Å². The summed E-state index contributed by atoms with van der Waals surface area (Å²) in [4.78, 5) is 26.6. The number of isocyanates is 2. The van der Waals surface area contributed by atoms with Crippen LogP contribution in [-0.2, 0) is 9.59 Å². The van der Waals surface area contributed by atoms with E-state index in [1.807, 2.05) is 0 Å². The van der Waals surface area contributed by atoms with Crippen LogP contribution in [0.25, 0.3) is 0 Å². The molecule has 0 amide bonds. The summed E-state index contributed by atoms with van der Waals surface area (Å²) < 4.78 is -1.08. The van der Waals surface area contributed by atoms with E-state index < -0.39 is 4.33 Å². The third-order valence-electron chi connectivity index (χ3n) is 0.873. The number of carbonyl (C=O) groups excluding carboxylic acids is 2. The first kappa shape index (κ1) is 8.30. The van der Waals surface area contributed by atoms with Gasteiger partial charge in [-0.15, -0.1) is 0 Å². The Hall–Kier alpha value is -0.800. The lowest BCUT2D eigenvalue weighted by atomic mass is 11.1. The van der Waals surface area contributed by atoms with Crippen molar-refractivity contribution >= 4 is 35.7 Å². The molecule has 4 nitrogen and oxygen atoms in total. The third kappa shape index (κ3) is 1.82. The van der Waals surface area contributed by atoms with E-state index in [-0.39, 0.29) is 0 Å². The van der Waals surface area contributed by atoms with Crippen molar-refractivity contribution in [2.45, 2.75) is 4.33 Å². The van der Waals surface area contributed by atoms with E-state index in [2.05, 4.69) is 9.98 Å². The molecule has 0 saturated carbocycles. The summed E-state index contributed by atoms with van der Waals surface area (Å²) in [6.07, 6.45) is 2.71. The molecular formula is C5H2N2O2S2. The Bertz CT molecular complexity index is 248. The van der Waals surface area contributed by atoms with Gasteiger partial charge < -0.3 is 0 Å². The van der Waals surface area contributed by atoms with Crippen LogP contribution in [0.5, 0.6) is 0 Å². The maximum absolute atomic E-state index is 9.90. The first-order chi connectivity index (χ1) is 5.33. The molecule has 1 aliphatic rings. The summed E-state index contributed by atoms with van der Waals surface area (Å²) in [5.41, 5.74) is 0. The van der Waals surface area contributed by atoms with Gasteiger partial charge in [0.05, 0.1) is 0 Å². The van der Waals surface area contributed by atoms with Crippen LogP contribution in [0.2, 0.25) is 0 Å². The second kappa shape index (κ2) is 3.55. The van der Waals surface area contributed by atoms with E-state index in [1.165, 1.54) is 12.2 Å². The molecule has 0 atom stereocenters. The summed E-state index contributed by atoms with van der Waals surface area (Å²) in [7, 11) is 0. The van der Waals surface area contributed by atoms with Crippen molar-refractivity contribution in [3.63, 3.8) is 0 Å². The third-order valence-corrected chi connectivity index (χ3v) is 3.15. The van der Waals surface area contributed by atoms with Gasteiger partial charge in [0, 0.05) is 0 Å². The molecule has 0 bridgehead atoms. The first-order valence-electron chi connectivity index (χ1n) is 2.52. The molecule has 1 aliphatic heterocycles. The lowest BCUT2D eigenvalue weighted by molar-refractivity contribution is 0.557. The van der Waals surface area contributed by atoms with Gasteiger partial charge in [-0.25, -0.2) is 9.59 Å². The van der Waals surface area contributed by atoms with Crippen molar-refractivity contribution in [2.24, 2.45) is 9.98 Å². The molecule has 0 N–H and O–H groups in total. The predicted molar refractivity (Wildman–Crippen MR) is 43.3 cm³/mol. The number of aliphatic imine (C=N–C) groups is 2. The second-order valence-corrected chi connectivity index (χ2v) is 3.88. The molecular weight excluding hydrogens is 184 g/mol. The Morgan fingerprint density at radius 1 is 1.09 bits per heavy atom. The van der Waals surface area contributed by atoms with Crippen LogP contribution in [0.3, 0.4) is 0 Å². The zero-order valence-electron chi connectivity index (χ0n) is 5.18. The molecule has 0 saturated heterocycles. The van der Waals surface area contributed by atoms with Crippen LogP contribution in [0.4, 0.5) is 0 Å². The number of nitrogens with zero attached hydrogens (tertiary/aromatic N) is 2. The van der Waals surface area contributed by atoms with Crippen molar-refractivity contribution in [1.29, 1.82) is 0 Å². The molecule has 0 spiro atoms. The highest BCUT2D eigenvalue weighted by Gasteiger charge is 2.32. The van der Waals surface area contributed by atoms with Crippen molar-refractivity contribution in [2.75, 3.05) is 0 Å². The summed E-state index contributed by atoms with van der Waals surface area (Å²) in [6, 6.07) is 0. The standard InChI is InChI=1S/C5H2N2O2S2/c8-3-6-5(7-4-9)10-1-2-11-5/h1-2H. The molecule has 0 fully saturated rings. The fourth-order valence-electron chi connectivity index (χ4n) is 0.506. The number of thioether (sulfide) groups is 2. The van der Waals surface area contributed by atoms with E-state index in [9.17, 15) is 9.59 Å². The van der Waals surface area contributed by atoms with Gasteiger partial charge in [-0.05, 0) is 10.8 Å². The Balaban J connectivity index is 2.89. The van der Waals surface area contributed by atoms with E-state index in [0.29, 0.717) is 0 Å². The van der Waals surface area contributed by atoms with Crippen LogP contribution < -0.4 is 0 Å². The molecule has 56 valence electrons. The van der Waals surface area contributed by atoms with Crippen LogP contribution >= 0.6 is 23.5 Å². The molecule has 6 heteroatoms. The molecule has 1 heterocycles. The van der Waals surface area contributed by atoms with Crippen molar-refractivity contribution in [3.8, 4) is 0 Å². The minimum atomic E-state index is -1.08. The maximum atomic E-state index is 9.90. The highest BCUT2D eigenvalue weighted by Crippen LogP contribution is 2.46. The quantitative estimate of drug-likeness (QED) is 0.480. The van der Waals surface area contributed by atoms with Crippen LogP contribution in [-0.4, -0.2) is 16.5 Å². The molecule has 1 rings (SSSR count). The number of hydrogen-bond donors (Lipinski definition) is 0. The summed E-state index contributed by atoms with van der Waals surface area (Å²) in [5, 5.41) is 3.40. The fraction of sp³-hybridized carbons (Fsp3) is 0.200. The summed E-state index contributed by atoms with van der Waals surface area (Å²) in [5.74, 6) is 0. The van der Waals surface area contributed by atoms with Crippen LogP contribution in [0, 0.1) is 0 Å². The normalized spacial score (nSPS) is 18.5. The Morgan fingerprint density at radius 2 is 1.55 bits per heavy atom. The Labute approximate surface area is 70.9 Å². The van der Waals surface area contributed by atoms with Crippen LogP contribution in [0.1, 0.15) is 0 Å². The SMILES string of the molecule is O=C=NC1(N=C=O)SC=CS1. The molecule has 11 heavy (non-hydrogen) atoms. The largest absolute Gasteiger partial charge is 0.275 e. The monoisotopic (exact) mass is 186 g/mol. The topological polar surface area (TPSA) is 58.9 Å². The zero-order valence-corrected chi connectivity index (χ0v) is 6.82. The number of rotatable bonds is 2. The highest BCUT2D eigenvalue weighted by molar-refractivity contribution is 8.23. The van der Waals surface area contributed by atoms with Gasteiger partial charge in [0.15, 0.2) is 0 Å². The second-order valence-electron chi connectivity index (χ2n) is 1.46. The van der Waals surface area contributed by atoms with Gasteiger partial charge in [-0.1, -0.05) is 23.5 Å². The van der Waals surface area contributed by atoms with Gasteiger partial charge in [0.25, 0.3) is 4.33 Å². The van der Waals surface area contributed by atoms with E-state index >= 15 is 0 Å². The first-order valence-corrected chi connectivity index (χ1v) is 4.27. The summed E-state index contributed by atoms with van der Waals surface area (Å²) >= 11 is 2.33. The Kier molecular flexibility index (Phi) is 2.68. The van der Waals surface area contributed by atoms with Crippen molar-refractivity contribution in [1.82, 2.24) is 0 Å². The molecule has 0 aromatic heterocycles. The van der Waals surface area contributed by atoms with E-state index in [4.69, 9.17) is 0 Å². The van der Waals surface area contributed by atoms with Crippen molar-refractivity contribution in [3.05, 3.63) is 10.8 Å². The van der Waals surface area contributed by atoms with E-state index in [1.54, 1.807) is 10.8 Å². The predicted octanol–water partition coefficient (Wildman–Crippen LogP) is 1.22. The van der Waals surface area contributed by atoms with Gasteiger partial charge >= 0.3 is 0 Å². The molecule has 0 unspecified atom stereocenters. The minimum absolute atomic E-state index is 1.08. The van der Waals surface area contributed by atoms with Gasteiger partial charge in [0.1, 0.15) is 0 Å². The zero-order chi connectivity index (χ0) is 8.16. The Morgan fingerprint density at radius 3 is 1.91 bits per heavy atom. The minimum Gasteiger partial charge on any atom is -0.211 e. The molecule has 0 aliphatic carbocycles. The maximum Gasteiger partial charge on any atom is 0.275 e. The molecule has 0 aromatic carbocycles. The number of hydrogen-bond acceptors (Lipinski definition) is 6. The van der Waals surface area contributed by atoms with Crippen LogP contribution in [0.15, 0.2) is 20.8 Å².